The molecule has 0 spiro atoms. The third kappa shape index (κ3) is 6.15. The molecule has 0 atom stereocenters. The van der Waals surface area contributed by atoms with Gasteiger partial charge in [0.2, 0.25) is 0 Å². The zero-order valence-electron chi connectivity index (χ0n) is 5.41. The van der Waals surface area contributed by atoms with E-state index < -0.39 is 15.8 Å². The van der Waals surface area contributed by atoms with E-state index in [1.165, 1.54) is 7.11 Å². The van der Waals surface area contributed by atoms with Crippen LogP contribution in [0.3, 0.4) is 0 Å². The van der Waals surface area contributed by atoms with E-state index in [9.17, 15) is 4.79 Å². The highest BCUT2D eigenvalue weighted by Crippen LogP contribution is 2.44. The Labute approximate surface area is 65.0 Å². The van der Waals surface area contributed by atoms with Crippen molar-refractivity contribution in [3.63, 3.8) is 0 Å². The molecule has 0 aliphatic heterocycles. The van der Waals surface area contributed by atoms with Crippen molar-refractivity contribution in [3.8, 4) is 0 Å². The SMILES string of the molecule is COC(=O)CCS(O)(O)Cl. The maximum atomic E-state index is 10.4. The summed E-state index contributed by atoms with van der Waals surface area (Å²) in [6.07, 6.45) is -0.0671. The van der Waals surface area contributed by atoms with Crippen LogP contribution in [0, 0.1) is 0 Å². The van der Waals surface area contributed by atoms with Crippen molar-refractivity contribution >= 4 is 26.5 Å². The first-order valence-electron chi connectivity index (χ1n) is 2.48. The van der Waals surface area contributed by atoms with Gasteiger partial charge in [0.1, 0.15) is 0 Å². The Morgan fingerprint density at radius 1 is 1.70 bits per heavy atom. The summed E-state index contributed by atoms with van der Waals surface area (Å²) in [5, 5.41) is 0. The molecular formula is C4H9ClO4S. The summed E-state index contributed by atoms with van der Waals surface area (Å²) in [6, 6.07) is 0. The number of hydrogen-bond donors (Lipinski definition) is 2. The lowest BCUT2D eigenvalue weighted by atomic mass is 10.5. The summed E-state index contributed by atoms with van der Waals surface area (Å²) in [5.41, 5.74) is 0. The molecule has 4 nitrogen and oxygen atoms in total. The van der Waals surface area contributed by atoms with Crippen LogP contribution in [0.2, 0.25) is 0 Å². The van der Waals surface area contributed by atoms with Gasteiger partial charge >= 0.3 is 5.97 Å². The predicted octanol–water partition coefficient (Wildman–Crippen LogP) is 1.45. The van der Waals surface area contributed by atoms with Crippen molar-refractivity contribution in [2.24, 2.45) is 0 Å². The summed E-state index contributed by atoms with van der Waals surface area (Å²) < 4.78 is 21.4. The first kappa shape index (κ1) is 10.0. The Morgan fingerprint density at radius 2 is 2.20 bits per heavy atom. The van der Waals surface area contributed by atoms with Crippen LogP contribution in [0.15, 0.2) is 0 Å². The molecular weight excluding hydrogens is 180 g/mol. The van der Waals surface area contributed by atoms with Gasteiger partial charge < -0.3 is 4.74 Å². The zero-order chi connectivity index (χ0) is 8.20. The van der Waals surface area contributed by atoms with E-state index in [0.29, 0.717) is 0 Å². The Bertz CT molecular complexity index is 121. The van der Waals surface area contributed by atoms with Crippen molar-refractivity contribution in [1.29, 1.82) is 0 Å². The van der Waals surface area contributed by atoms with Crippen LogP contribution < -0.4 is 0 Å². The van der Waals surface area contributed by atoms with Crippen molar-refractivity contribution in [2.75, 3.05) is 12.9 Å². The Morgan fingerprint density at radius 3 is 2.50 bits per heavy atom. The molecule has 0 aromatic carbocycles. The quantitative estimate of drug-likeness (QED) is 0.658. The van der Waals surface area contributed by atoms with E-state index in [1.54, 1.807) is 0 Å². The van der Waals surface area contributed by atoms with Gasteiger partial charge in [0.15, 0.2) is 0 Å². The van der Waals surface area contributed by atoms with Crippen molar-refractivity contribution < 1.29 is 18.6 Å². The van der Waals surface area contributed by atoms with Gasteiger partial charge in [-0.3, -0.25) is 13.9 Å². The van der Waals surface area contributed by atoms with Crippen molar-refractivity contribution in [1.82, 2.24) is 0 Å². The van der Waals surface area contributed by atoms with Crippen LogP contribution in [-0.2, 0) is 9.53 Å². The summed E-state index contributed by atoms with van der Waals surface area (Å²) in [5.74, 6) is -0.651. The van der Waals surface area contributed by atoms with Gasteiger partial charge in [0, 0.05) is 10.7 Å². The fourth-order valence-electron chi connectivity index (χ4n) is 0.315. The normalized spacial score (nSPS) is 12.8. The molecule has 62 valence electrons. The molecule has 0 bridgehead atoms. The number of carbonyl (C=O) groups is 1. The highest BCUT2D eigenvalue weighted by atomic mass is 35.7. The maximum Gasteiger partial charge on any atom is 0.307 e. The van der Waals surface area contributed by atoms with Crippen LogP contribution >= 0.6 is 20.5 Å². The molecule has 0 rings (SSSR count). The number of rotatable bonds is 3. The van der Waals surface area contributed by atoms with E-state index >= 15 is 0 Å². The van der Waals surface area contributed by atoms with Gasteiger partial charge in [-0.2, -0.15) is 0 Å². The van der Waals surface area contributed by atoms with Crippen LogP contribution in [0.5, 0.6) is 0 Å². The molecule has 2 N–H and O–H groups in total. The molecule has 0 heterocycles. The molecule has 0 aliphatic carbocycles. The summed E-state index contributed by atoms with van der Waals surface area (Å²) in [6.45, 7) is 0. The minimum Gasteiger partial charge on any atom is -0.469 e. The van der Waals surface area contributed by atoms with Gasteiger partial charge in [-0.25, -0.2) is 0 Å². The van der Waals surface area contributed by atoms with E-state index in [2.05, 4.69) is 4.74 Å². The van der Waals surface area contributed by atoms with Gasteiger partial charge in [-0.15, -0.1) is 9.80 Å². The van der Waals surface area contributed by atoms with Gasteiger partial charge in [0.05, 0.1) is 19.3 Å². The second-order valence-corrected chi connectivity index (χ2v) is 4.68. The van der Waals surface area contributed by atoms with E-state index in [-0.39, 0.29) is 12.2 Å². The molecule has 0 aromatic rings. The largest absolute Gasteiger partial charge is 0.469 e. The van der Waals surface area contributed by atoms with Crippen LogP contribution in [0.25, 0.3) is 0 Å². The second kappa shape index (κ2) is 4.02. The first-order chi connectivity index (χ1) is 4.45. The number of carbonyl (C=O) groups excluding carboxylic acids is 1. The smallest absolute Gasteiger partial charge is 0.307 e. The molecule has 0 radical (unpaired) electrons. The number of methoxy groups -OCH3 is 1. The van der Waals surface area contributed by atoms with E-state index in [1.807, 2.05) is 0 Å². The standard InChI is InChI=1S/C4H9ClO4S/c1-9-4(6)2-3-10(5,7)8/h7-8H,2-3H2,1H3. The number of halogens is 1. The van der Waals surface area contributed by atoms with Crippen molar-refractivity contribution in [2.45, 2.75) is 6.42 Å². The van der Waals surface area contributed by atoms with Crippen molar-refractivity contribution in [3.05, 3.63) is 0 Å². The van der Waals surface area contributed by atoms with E-state index in [4.69, 9.17) is 19.8 Å². The van der Waals surface area contributed by atoms with Crippen LogP contribution in [-0.4, -0.2) is 27.9 Å². The molecule has 10 heavy (non-hydrogen) atoms. The zero-order valence-corrected chi connectivity index (χ0v) is 6.98. The van der Waals surface area contributed by atoms with E-state index in [0.717, 1.165) is 0 Å². The summed E-state index contributed by atoms with van der Waals surface area (Å²) in [4.78, 5) is 10.4. The predicted molar refractivity (Wildman–Crippen MR) is 40.2 cm³/mol. The van der Waals surface area contributed by atoms with Crippen LogP contribution in [0.1, 0.15) is 6.42 Å². The first-order valence-corrected chi connectivity index (χ1v) is 5.02. The molecule has 0 aliphatic rings. The molecule has 0 fully saturated rings. The fourth-order valence-corrected chi connectivity index (χ4v) is 0.973. The van der Waals surface area contributed by atoms with Gasteiger partial charge in [0.25, 0.3) is 0 Å². The molecule has 0 amide bonds. The van der Waals surface area contributed by atoms with Gasteiger partial charge in [-0.05, 0) is 0 Å². The minimum absolute atomic E-state index is 0.0671. The van der Waals surface area contributed by atoms with Gasteiger partial charge in [-0.1, -0.05) is 0 Å². The average molecular weight is 189 g/mol. The summed E-state index contributed by atoms with van der Waals surface area (Å²) >= 11 is 0. The number of hydrogen-bond acceptors (Lipinski definition) is 4. The third-order valence-electron chi connectivity index (χ3n) is 0.794. The number of esters is 1. The highest BCUT2D eigenvalue weighted by molar-refractivity contribution is 8.43. The lowest BCUT2D eigenvalue weighted by molar-refractivity contribution is -0.140. The molecule has 6 heteroatoms. The highest BCUT2D eigenvalue weighted by Gasteiger charge is 2.10. The monoisotopic (exact) mass is 188 g/mol. The Kier molecular flexibility index (Phi) is 4.04. The number of ether oxygens (including phenoxy) is 1. The molecule has 0 aromatic heterocycles. The lowest BCUT2D eigenvalue weighted by Gasteiger charge is -2.21. The van der Waals surface area contributed by atoms with Crippen LogP contribution in [0.4, 0.5) is 0 Å². The molecule has 0 saturated carbocycles. The lowest BCUT2D eigenvalue weighted by Crippen LogP contribution is -2.05. The Hall–Kier alpha value is 0.0300. The minimum atomic E-state index is -3.06. The fraction of sp³-hybridized carbons (Fsp3) is 0.750. The summed E-state index contributed by atoms with van der Waals surface area (Å²) in [7, 11) is 3.19. The maximum absolute atomic E-state index is 10.4. The Balaban J connectivity index is 3.46. The molecule has 0 unspecified atom stereocenters. The second-order valence-electron chi connectivity index (χ2n) is 1.62. The third-order valence-corrected chi connectivity index (χ3v) is 1.98. The molecule has 0 saturated heterocycles. The topological polar surface area (TPSA) is 66.8 Å². The average Bonchev–Trinajstić information content (AvgIpc) is 1.81.